The largest absolute Gasteiger partial charge is 0.314 e. The zero-order valence-electron chi connectivity index (χ0n) is 12.3. The highest BCUT2D eigenvalue weighted by molar-refractivity contribution is 5.00. The van der Waals surface area contributed by atoms with Gasteiger partial charge in [-0.15, -0.1) is 0 Å². The molecule has 1 fully saturated rings. The minimum Gasteiger partial charge on any atom is -0.314 e. The summed E-state index contributed by atoms with van der Waals surface area (Å²) in [7, 11) is 2.24. The second-order valence-electron chi connectivity index (χ2n) is 6.39. The van der Waals surface area contributed by atoms with E-state index in [1.54, 1.807) is 0 Å². The van der Waals surface area contributed by atoms with Crippen LogP contribution in [0, 0.1) is 17.2 Å². The maximum absolute atomic E-state index is 8.85. The van der Waals surface area contributed by atoms with Crippen LogP contribution in [-0.2, 0) is 0 Å². The smallest absolute Gasteiger partial charge is 0.101 e. The fourth-order valence-corrected chi connectivity index (χ4v) is 2.89. The third kappa shape index (κ3) is 5.37. The van der Waals surface area contributed by atoms with Crippen LogP contribution < -0.4 is 5.73 Å². The van der Waals surface area contributed by atoms with Gasteiger partial charge in [-0.05, 0) is 58.5 Å². The zero-order valence-corrected chi connectivity index (χ0v) is 12.3. The molecule has 3 unspecified atom stereocenters. The van der Waals surface area contributed by atoms with Crippen molar-refractivity contribution in [2.45, 2.75) is 70.4 Å². The molecular formula is C15H29N3. The fraction of sp³-hybridized carbons (Fsp3) is 0.933. The maximum Gasteiger partial charge on any atom is 0.101 e. The molecule has 0 amide bonds. The molecule has 0 heterocycles. The summed E-state index contributed by atoms with van der Waals surface area (Å²) in [4.78, 5) is 2.51. The molecule has 2 N–H and O–H groups in total. The molecular weight excluding hydrogens is 222 g/mol. The lowest BCUT2D eigenvalue weighted by Gasteiger charge is -2.34. The van der Waals surface area contributed by atoms with Gasteiger partial charge < -0.3 is 10.6 Å². The summed E-state index contributed by atoms with van der Waals surface area (Å²) in [5.74, 6) is 0.886. The monoisotopic (exact) mass is 251 g/mol. The van der Waals surface area contributed by atoms with E-state index >= 15 is 0 Å². The zero-order chi connectivity index (χ0) is 13.6. The molecule has 3 nitrogen and oxygen atoms in total. The molecule has 0 aliphatic heterocycles. The molecule has 0 bridgehead atoms. The van der Waals surface area contributed by atoms with Gasteiger partial charge in [-0.2, -0.15) is 5.26 Å². The molecule has 3 atom stereocenters. The van der Waals surface area contributed by atoms with Gasteiger partial charge in [0.2, 0.25) is 0 Å². The normalized spacial score (nSPS) is 27.8. The predicted molar refractivity (Wildman–Crippen MR) is 76.1 cm³/mol. The van der Waals surface area contributed by atoms with Crippen molar-refractivity contribution in [2.24, 2.45) is 11.7 Å². The van der Waals surface area contributed by atoms with E-state index in [1.807, 2.05) is 6.92 Å². The average Bonchev–Trinajstić information content (AvgIpc) is 2.34. The number of hydrogen-bond donors (Lipinski definition) is 1. The standard InChI is InChI=1S/C15H29N3/c1-13-7-6-8-14(11-13)18(3)10-5-4-9-15(2,17)12-16/h13-14H,4-11,17H2,1-3H3. The van der Waals surface area contributed by atoms with Crippen LogP contribution in [0.5, 0.6) is 0 Å². The van der Waals surface area contributed by atoms with E-state index in [0.29, 0.717) is 0 Å². The number of nitrogens with zero attached hydrogens (tertiary/aromatic N) is 2. The van der Waals surface area contributed by atoms with E-state index < -0.39 is 5.54 Å². The van der Waals surface area contributed by atoms with Crippen molar-refractivity contribution >= 4 is 0 Å². The number of nitriles is 1. The number of rotatable bonds is 6. The van der Waals surface area contributed by atoms with Gasteiger partial charge >= 0.3 is 0 Å². The van der Waals surface area contributed by atoms with Gasteiger partial charge in [0.1, 0.15) is 5.54 Å². The first-order valence-corrected chi connectivity index (χ1v) is 7.35. The molecule has 0 saturated heterocycles. The second-order valence-corrected chi connectivity index (χ2v) is 6.39. The Morgan fingerprint density at radius 1 is 1.39 bits per heavy atom. The summed E-state index contributed by atoms with van der Waals surface area (Å²) in [6, 6.07) is 2.93. The summed E-state index contributed by atoms with van der Waals surface area (Å²) in [6.07, 6.45) is 8.49. The van der Waals surface area contributed by atoms with E-state index in [0.717, 1.165) is 37.8 Å². The fourth-order valence-electron chi connectivity index (χ4n) is 2.89. The lowest BCUT2D eigenvalue weighted by Crippen LogP contribution is -2.37. The third-order valence-electron chi connectivity index (χ3n) is 4.24. The first kappa shape index (κ1) is 15.5. The molecule has 3 heteroatoms. The van der Waals surface area contributed by atoms with Crippen molar-refractivity contribution in [3.05, 3.63) is 0 Å². The summed E-state index contributed by atoms with van der Waals surface area (Å²) in [5, 5.41) is 8.85. The van der Waals surface area contributed by atoms with E-state index in [9.17, 15) is 0 Å². The Bertz CT molecular complexity index is 280. The van der Waals surface area contributed by atoms with Gasteiger partial charge in [0.05, 0.1) is 6.07 Å². The van der Waals surface area contributed by atoms with Crippen molar-refractivity contribution in [3.8, 4) is 6.07 Å². The van der Waals surface area contributed by atoms with Crippen molar-refractivity contribution in [1.29, 1.82) is 5.26 Å². The molecule has 18 heavy (non-hydrogen) atoms. The Labute approximate surface area is 112 Å². The number of hydrogen-bond acceptors (Lipinski definition) is 3. The minimum atomic E-state index is -0.641. The summed E-state index contributed by atoms with van der Waals surface area (Å²) >= 11 is 0. The lowest BCUT2D eigenvalue weighted by molar-refractivity contribution is 0.161. The SMILES string of the molecule is CC1CCCC(N(C)CCCCC(C)(N)C#N)C1. The third-order valence-corrected chi connectivity index (χ3v) is 4.24. The molecule has 0 spiro atoms. The van der Waals surface area contributed by atoms with Crippen LogP contribution >= 0.6 is 0 Å². The van der Waals surface area contributed by atoms with Crippen LogP contribution in [0.1, 0.15) is 58.8 Å². The van der Waals surface area contributed by atoms with Crippen LogP contribution in [-0.4, -0.2) is 30.1 Å². The predicted octanol–water partition coefficient (Wildman–Crippen LogP) is 2.91. The molecule has 0 aromatic rings. The summed E-state index contributed by atoms with van der Waals surface area (Å²) in [6.45, 7) is 5.32. The van der Waals surface area contributed by atoms with Crippen LogP contribution in [0.2, 0.25) is 0 Å². The molecule has 0 aromatic heterocycles. The average molecular weight is 251 g/mol. The Balaban J connectivity index is 2.17. The maximum atomic E-state index is 8.85. The molecule has 0 radical (unpaired) electrons. The van der Waals surface area contributed by atoms with Crippen LogP contribution in [0.4, 0.5) is 0 Å². The highest BCUT2D eigenvalue weighted by Crippen LogP contribution is 2.26. The second kappa shape index (κ2) is 7.11. The van der Waals surface area contributed by atoms with E-state index in [1.165, 1.54) is 25.7 Å². The molecule has 1 aliphatic rings. The summed E-state index contributed by atoms with van der Waals surface area (Å²) < 4.78 is 0. The van der Waals surface area contributed by atoms with E-state index in [4.69, 9.17) is 11.0 Å². The van der Waals surface area contributed by atoms with Crippen molar-refractivity contribution in [1.82, 2.24) is 4.90 Å². The Hall–Kier alpha value is -0.590. The highest BCUT2D eigenvalue weighted by Gasteiger charge is 2.22. The highest BCUT2D eigenvalue weighted by atomic mass is 15.1. The van der Waals surface area contributed by atoms with Crippen molar-refractivity contribution < 1.29 is 0 Å². The Kier molecular flexibility index (Phi) is 6.11. The van der Waals surface area contributed by atoms with Gasteiger partial charge in [0, 0.05) is 6.04 Å². The van der Waals surface area contributed by atoms with Gasteiger partial charge in [0.15, 0.2) is 0 Å². The molecule has 1 aliphatic carbocycles. The quantitative estimate of drug-likeness (QED) is 0.738. The topological polar surface area (TPSA) is 53.0 Å². The van der Waals surface area contributed by atoms with Gasteiger partial charge in [-0.1, -0.05) is 19.8 Å². The first-order chi connectivity index (χ1) is 8.44. The number of nitrogens with two attached hydrogens (primary N) is 1. The first-order valence-electron chi connectivity index (χ1n) is 7.35. The summed E-state index contributed by atoms with van der Waals surface area (Å²) in [5.41, 5.74) is 5.18. The van der Waals surface area contributed by atoms with Crippen LogP contribution in [0.25, 0.3) is 0 Å². The lowest BCUT2D eigenvalue weighted by atomic mass is 9.86. The van der Waals surface area contributed by atoms with Crippen LogP contribution in [0.3, 0.4) is 0 Å². The van der Waals surface area contributed by atoms with E-state index in [-0.39, 0.29) is 0 Å². The Morgan fingerprint density at radius 3 is 2.72 bits per heavy atom. The van der Waals surface area contributed by atoms with Gasteiger partial charge in [-0.3, -0.25) is 0 Å². The van der Waals surface area contributed by atoms with Gasteiger partial charge in [-0.25, -0.2) is 0 Å². The molecule has 1 rings (SSSR count). The minimum absolute atomic E-state index is 0.641. The van der Waals surface area contributed by atoms with Crippen molar-refractivity contribution in [3.63, 3.8) is 0 Å². The van der Waals surface area contributed by atoms with E-state index in [2.05, 4.69) is 24.9 Å². The molecule has 0 aromatic carbocycles. The van der Waals surface area contributed by atoms with Crippen molar-refractivity contribution in [2.75, 3.05) is 13.6 Å². The molecule has 104 valence electrons. The van der Waals surface area contributed by atoms with Crippen LogP contribution in [0.15, 0.2) is 0 Å². The number of unbranched alkanes of at least 4 members (excludes halogenated alkanes) is 1. The van der Waals surface area contributed by atoms with Gasteiger partial charge in [0.25, 0.3) is 0 Å². The Morgan fingerprint density at radius 2 is 2.11 bits per heavy atom. The molecule has 1 saturated carbocycles.